The minimum atomic E-state index is -3.41. The third kappa shape index (κ3) is 5.58. The molecular formula is C23H25N3O3S2. The lowest BCUT2D eigenvalue weighted by atomic mass is 10.2. The number of carbonyl (C=O) groups excluding carboxylic acids is 1. The number of aromatic nitrogens is 1. The standard InChI is InChI=1S/C23H25N3O3S2/c27-22(15-20-17-30-23(25-20)14-18-6-2-1-3-7-18)24-16-19-8-10-21(11-9-19)31(28,29)26-12-4-5-13-26/h1-3,6-11,17H,4-5,12-16H2,(H,24,27). The van der Waals surface area contributed by atoms with Crippen molar-refractivity contribution in [3.63, 3.8) is 0 Å². The Bertz CT molecular complexity index is 1120. The van der Waals surface area contributed by atoms with Crippen molar-refractivity contribution < 1.29 is 13.2 Å². The van der Waals surface area contributed by atoms with Crippen LogP contribution in [0, 0.1) is 0 Å². The molecule has 1 N–H and O–H groups in total. The number of sulfonamides is 1. The van der Waals surface area contributed by atoms with Gasteiger partial charge in [-0.1, -0.05) is 42.5 Å². The van der Waals surface area contributed by atoms with Crippen molar-refractivity contribution in [3.05, 3.63) is 81.8 Å². The van der Waals surface area contributed by atoms with E-state index in [0.29, 0.717) is 24.5 Å². The van der Waals surface area contributed by atoms with E-state index in [1.165, 1.54) is 9.87 Å². The van der Waals surface area contributed by atoms with Gasteiger partial charge in [-0.15, -0.1) is 11.3 Å². The first-order chi connectivity index (χ1) is 15.0. The molecule has 1 saturated heterocycles. The van der Waals surface area contributed by atoms with Crippen molar-refractivity contribution in [2.24, 2.45) is 0 Å². The molecule has 6 nitrogen and oxygen atoms in total. The van der Waals surface area contributed by atoms with E-state index in [1.807, 2.05) is 23.6 Å². The normalized spacial score (nSPS) is 14.6. The largest absolute Gasteiger partial charge is 0.352 e. The molecule has 0 atom stereocenters. The average Bonchev–Trinajstić information content (AvgIpc) is 3.46. The Balaban J connectivity index is 1.28. The zero-order valence-corrected chi connectivity index (χ0v) is 18.8. The molecule has 0 aliphatic carbocycles. The Kier molecular flexibility index (Phi) is 6.80. The number of thiazole rings is 1. The van der Waals surface area contributed by atoms with Gasteiger partial charge in [0.2, 0.25) is 15.9 Å². The van der Waals surface area contributed by atoms with Crippen LogP contribution in [0.2, 0.25) is 0 Å². The summed E-state index contributed by atoms with van der Waals surface area (Å²) in [5.74, 6) is -0.106. The summed E-state index contributed by atoms with van der Waals surface area (Å²) in [6.07, 6.45) is 2.82. The average molecular weight is 456 g/mol. The Labute approximate surface area is 187 Å². The highest BCUT2D eigenvalue weighted by Crippen LogP contribution is 2.21. The Morgan fingerprint density at radius 1 is 1.00 bits per heavy atom. The van der Waals surface area contributed by atoms with Gasteiger partial charge in [-0.3, -0.25) is 4.79 Å². The first-order valence-electron chi connectivity index (χ1n) is 10.3. The second kappa shape index (κ2) is 9.72. The minimum absolute atomic E-state index is 0.106. The molecule has 1 amide bonds. The molecule has 2 heterocycles. The second-order valence-corrected chi connectivity index (χ2v) is 10.5. The zero-order valence-electron chi connectivity index (χ0n) is 17.2. The molecule has 0 saturated carbocycles. The fourth-order valence-electron chi connectivity index (χ4n) is 3.57. The third-order valence-electron chi connectivity index (χ3n) is 5.25. The van der Waals surface area contributed by atoms with E-state index in [9.17, 15) is 13.2 Å². The van der Waals surface area contributed by atoms with Crippen LogP contribution in [0.5, 0.6) is 0 Å². The molecule has 1 aromatic heterocycles. The summed E-state index contributed by atoms with van der Waals surface area (Å²) in [5, 5.41) is 5.80. The number of benzene rings is 2. The van der Waals surface area contributed by atoms with Crippen LogP contribution in [0.15, 0.2) is 64.9 Å². The number of carbonyl (C=O) groups is 1. The van der Waals surface area contributed by atoms with Crippen molar-refractivity contribution in [3.8, 4) is 0 Å². The fourth-order valence-corrected chi connectivity index (χ4v) is 5.91. The van der Waals surface area contributed by atoms with Crippen molar-refractivity contribution in [2.75, 3.05) is 13.1 Å². The highest BCUT2D eigenvalue weighted by molar-refractivity contribution is 7.89. The van der Waals surface area contributed by atoms with Gasteiger partial charge in [0, 0.05) is 31.4 Å². The van der Waals surface area contributed by atoms with Crippen LogP contribution in [0.1, 0.15) is 34.7 Å². The lowest BCUT2D eigenvalue weighted by molar-refractivity contribution is -0.120. The van der Waals surface area contributed by atoms with E-state index in [1.54, 1.807) is 35.6 Å². The second-order valence-electron chi connectivity index (χ2n) is 7.60. The molecule has 8 heteroatoms. The molecule has 0 radical (unpaired) electrons. The fraction of sp³-hybridized carbons (Fsp3) is 0.304. The molecule has 1 aliphatic heterocycles. The molecule has 0 unspecified atom stereocenters. The number of amides is 1. The van der Waals surface area contributed by atoms with Gasteiger partial charge in [0.1, 0.15) is 0 Å². The van der Waals surface area contributed by atoms with E-state index >= 15 is 0 Å². The van der Waals surface area contributed by atoms with E-state index in [2.05, 4.69) is 22.4 Å². The van der Waals surface area contributed by atoms with Crippen molar-refractivity contribution in [1.29, 1.82) is 0 Å². The lowest BCUT2D eigenvalue weighted by Crippen LogP contribution is -2.28. The van der Waals surface area contributed by atoms with Crippen molar-refractivity contribution in [2.45, 2.75) is 37.1 Å². The van der Waals surface area contributed by atoms with Gasteiger partial charge in [0.15, 0.2) is 0 Å². The van der Waals surface area contributed by atoms with Gasteiger partial charge in [-0.2, -0.15) is 4.31 Å². The lowest BCUT2D eigenvalue weighted by Gasteiger charge is -2.15. The summed E-state index contributed by atoms with van der Waals surface area (Å²) in [4.78, 5) is 17.2. The van der Waals surface area contributed by atoms with Crippen LogP contribution in [0.4, 0.5) is 0 Å². The van der Waals surface area contributed by atoms with Gasteiger partial charge >= 0.3 is 0 Å². The highest BCUT2D eigenvalue weighted by Gasteiger charge is 2.26. The predicted octanol–water partition coefficient (Wildman–Crippen LogP) is 3.38. The van der Waals surface area contributed by atoms with Gasteiger partial charge in [-0.05, 0) is 36.1 Å². The smallest absolute Gasteiger partial charge is 0.243 e. The van der Waals surface area contributed by atoms with Gasteiger partial charge in [0.25, 0.3) is 0 Å². The van der Waals surface area contributed by atoms with Crippen LogP contribution >= 0.6 is 11.3 Å². The van der Waals surface area contributed by atoms with E-state index in [0.717, 1.165) is 35.5 Å². The number of hydrogen-bond acceptors (Lipinski definition) is 5. The maximum Gasteiger partial charge on any atom is 0.243 e. The molecular weight excluding hydrogens is 430 g/mol. The van der Waals surface area contributed by atoms with Crippen LogP contribution in [0.3, 0.4) is 0 Å². The molecule has 162 valence electrons. The van der Waals surface area contributed by atoms with Crippen LogP contribution in [0.25, 0.3) is 0 Å². The highest BCUT2D eigenvalue weighted by atomic mass is 32.2. The summed E-state index contributed by atoms with van der Waals surface area (Å²) in [6, 6.07) is 16.9. The van der Waals surface area contributed by atoms with Gasteiger partial charge in [-0.25, -0.2) is 13.4 Å². The summed E-state index contributed by atoms with van der Waals surface area (Å²) in [6.45, 7) is 1.53. The molecule has 2 aromatic carbocycles. The summed E-state index contributed by atoms with van der Waals surface area (Å²) in [7, 11) is -3.41. The topological polar surface area (TPSA) is 79.4 Å². The van der Waals surface area contributed by atoms with Crippen LogP contribution < -0.4 is 5.32 Å². The SMILES string of the molecule is O=C(Cc1csc(Cc2ccccc2)n1)NCc1ccc(S(=O)(=O)N2CCCC2)cc1. The number of nitrogens with zero attached hydrogens (tertiary/aromatic N) is 2. The van der Waals surface area contributed by atoms with Gasteiger partial charge in [0.05, 0.1) is 22.0 Å². The van der Waals surface area contributed by atoms with Crippen LogP contribution in [-0.4, -0.2) is 36.7 Å². The maximum absolute atomic E-state index is 12.6. The molecule has 1 fully saturated rings. The first kappa shape index (κ1) is 21.7. The number of rotatable bonds is 8. The first-order valence-corrected chi connectivity index (χ1v) is 12.7. The Hall–Kier alpha value is -2.55. The maximum atomic E-state index is 12.6. The van der Waals surface area contributed by atoms with E-state index < -0.39 is 10.0 Å². The van der Waals surface area contributed by atoms with Crippen LogP contribution in [-0.2, 0) is 34.2 Å². The molecule has 3 aromatic rings. The number of nitrogens with one attached hydrogen (secondary N) is 1. The third-order valence-corrected chi connectivity index (χ3v) is 8.07. The van der Waals surface area contributed by atoms with Crippen molar-refractivity contribution >= 4 is 27.3 Å². The van der Waals surface area contributed by atoms with Crippen molar-refractivity contribution in [1.82, 2.24) is 14.6 Å². The minimum Gasteiger partial charge on any atom is -0.352 e. The Morgan fingerprint density at radius 2 is 1.71 bits per heavy atom. The molecule has 0 spiro atoms. The monoisotopic (exact) mass is 455 g/mol. The Morgan fingerprint density at radius 3 is 2.42 bits per heavy atom. The summed E-state index contributed by atoms with van der Waals surface area (Å²) >= 11 is 1.56. The quantitative estimate of drug-likeness (QED) is 0.565. The molecule has 4 rings (SSSR count). The zero-order chi connectivity index (χ0) is 21.7. The van der Waals surface area contributed by atoms with Gasteiger partial charge < -0.3 is 5.32 Å². The predicted molar refractivity (Wildman–Crippen MR) is 121 cm³/mol. The summed E-state index contributed by atoms with van der Waals surface area (Å²) in [5.41, 5.74) is 2.82. The number of hydrogen-bond donors (Lipinski definition) is 1. The van der Waals surface area contributed by atoms with E-state index in [4.69, 9.17) is 0 Å². The summed E-state index contributed by atoms with van der Waals surface area (Å²) < 4.78 is 26.7. The van der Waals surface area contributed by atoms with E-state index in [-0.39, 0.29) is 12.3 Å². The molecule has 0 bridgehead atoms. The molecule has 1 aliphatic rings. The molecule has 31 heavy (non-hydrogen) atoms.